The molecule has 0 radical (unpaired) electrons. The van der Waals surface area contributed by atoms with E-state index in [0.717, 1.165) is 34.7 Å². The zero-order chi connectivity index (χ0) is 19.9. The van der Waals surface area contributed by atoms with Gasteiger partial charge in [0, 0.05) is 37.4 Å². The van der Waals surface area contributed by atoms with Crippen molar-refractivity contribution >= 4 is 22.6 Å². The van der Waals surface area contributed by atoms with E-state index in [1.165, 1.54) is 12.1 Å². The molecule has 3 aromatic rings. The van der Waals surface area contributed by atoms with Crippen LogP contribution in [0.1, 0.15) is 21.7 Å². The van der Waals surface area contributed by atoms with Crippen LogP contribution < -0.4 is 4.90 Å². The molecule has 0 saturated carbocycles. The minimum absolute atomic E-state index is 0.243. The maximum atomic E-state index is 12.7. The van der Waals surface area contributed by atoms with Crippen LogP contribution in [0, 0.1) is 6.92 Å². The van der Waals surface area contributed by atoms with Crippen molar-refractivity contribution in [2.75, 3.05) is 31.1 Å². The average molecular weight is 388 g/mol. The number of hydrogen-bond donors (Lipinski definition) is 1. The van der Waals surface area contributed by atoms with Crippen LogP contribution in [0.25, 0.3) is 11.0 Å². The van der Waals surface area contributed by atoms with E-state index in [9.17, 15) is 18.0 Å². The second-order valence-electron chi connectivity index (χ2n) is 6.88. The summed E-state index contributed by atoms with van der Waals surface area (Å²) in [6.07, 6.45) is -4.40. The highest BCUT2D eigenvalue weighted by Crippen LogP contribution is 2.29. The molecular formula is C20H19F3N4O. The van der Waals surface area contributed by atoms with E-state index in [1.54, 1.807) is 4.90 Å². The number of imidazole rings is 1. The van der Waals surface area contributed by atoms with Crippen LogP contribution in [0.3, 0.4) is 0 Å². The molecule has 4 rings (SSSR count). The average Bonchev–Trinajstić information content (AvgIpc) is 3.06. The zero-order valence-electron chi connectivity index (χ0n) is 15.3. The van der Waals surface area contributed by atoms with Gasteiger partial charge in [-0.1, -0.05) is 0 Å². The topological polar surface area (TPSA) is 52.2 Å². The van der Waals surface area contributed by atoms with Gasteiger partial charge < -0.3 is 14.8 Å². The maximum Gasteiger partial charge on any atom is 0.416 e. The van der Waals surface area contributed by atoms with Gasteiger partial charge in [-0.3, -0.25) is 4.79 Å². The highest BCUT2D eigenvalue weighted by atomic mass is 19.4. The van der Waals surface area contributed by atoms with E-state index < -0.39 is 11.7 Å². The first-order valence-corrected chi connectivity index (χ1v) is 8.99. The van der Waals surface area contributed by atoms with Gasteiger partial charge in [-0.15, -0.1) is 0 Å². The number of amides is 1. The van der Waals surface area contributed by atoms with Crippen LogP contribution >= 0.6 is 0 Å². The fourth-order valence-electron chi connectivity index (χ4n) is 3.47. The normalized spacial score (nSPS) is 15.3. The van der Waals surface area contributed by atoms with Crippen molar-refractivity contribution in [3.05, 3.63) is 59.4 Å². The third-order valence-corrected chi connectivity index (χ3v) is 4.98. The van der Waals surface area contributed by atoms with Gasteiger partial charge in [-0.05, 0) is 49.4 Å². The Hall–Kier alpha value is -3.03. The second kappa shape index (κ2) is 6.85. The summed E-state index contributed by atoms with van der Waals surface area (Å²) in [5, 5.41) is 0. The molecule has 1 aliphatic rings. The van der Waals surface area contributed by atoms with Crippen molar-refractivity contribution < 1.29 is 18.0 Å². The quantitative estimate of drug-likeness (QED) is 0.726. The maximum absolute atomic E-state index is 12.7. The molecule has 8 heteroatoms. The first-order valence-electron chi connectivity index (χ1n) is 8.99. The molecule has 1 N–H and O–H groups in total. The number of H-pyrrole nitrogens is 1. The summed E-state index contributed by atoms with van der Waals surface area (Å²) in [5.74, 6) is 0.618. The number of carbonyl (C=O) groups is 1. The summed E-state index contributed by atoms with van der Waals surface area (Å²) in [7, 11) is 0. The molecule has 0 aliphatic carbocycles. The Morgan fingerprint density at radius 2 is 1.71 bits per heavy atom. The number of fused-ring (bicyclic) bond motifs is 1. The molecule has 1 aliphatic heterocycles. The number of hydrogen-bond acceptors (Lipinski definition) is 3. The number of alkyl halides is 3. The predicted molar refractivity (Wildman–Crippen MR) is 100 cm³/mol. The molecule has 1 amide bonds. The van der Waals surface area contributed by atoms with E-state index in [4.69, 9.17) is 0 Å². The Morgan fingerprint density at radius 3 is 2.36 bits per heavy atom. The number of nitrogens with one attached hydrogen (secondary N) is 1. The first-order chi connectivity index (χ1) is 13.3. The number of carbonyl (C=O) groups excluding carboxylic acids is 1. The lowest BCUT2D eigenvalue weighted by atomic mass is 10.1. The Morgan fingerprint density at radius 1 is 1.04 bits per heavy atom. The van der Waals surface area contributed by atoms with Gasteiger partial charge in [-0.25, -0.2) is 4.98 Å². The molecule has 0 unspecified atom stereocenters. The number of nitrogens with zero attached hydrogens (tertiary/aromatic N) is 3. The number of aromatic amines is 1. The highest BCUT2D eigenvalue weighted by Gasteiger charge is 2.30. The van der Waals surface area contributed by atoms with Crippen molar-refractivity contribution in [2.45, 2.75) is 13.1 Å². The smallest absolute Gasteiger partial charge is 0.368 e. The Balaban J connectivity index is 1.42. The lowest BCUT2D eigenvalue weighted by Crippen LogP contribution is -2.48. The summed E-state index contributed by atoms with van der Waals surface area (Å²) < 4.78 is 38.0. The Labute approximate surface area is 159 Å². The predicted octanol–water partition coefficient (Wildman–Crippen LogP) is 3.85. The lowest BCUT2D eigenvalue weighted by Gasteiger charge is -2.36. The van der Waals surface area contributed by atoms with E-state index in [2.05, 4.69) is 14.9 Å². The molecule has 1 saturated heterocycles. The fraction of sp³-hybridized carbons (Fsp3) is 0.300. The van der Waals surface area contributed by atoms with Crippen LogP contribution in [0.5, 0.6) is 0 Å². The third-order valence-electron chi connectivity index (χ3n) is 4.98. The van der Waals surface area contributed by atoms with Crippen LogP contribution in [-0.4, -0.2) is 47.0 Å². The van der Waals surface area contributed by atoms with E-state index in [1.807, 2.05) is 25.1 Å². The van der Waals surface area contributed by atoms with E-state index in [-0.39, 0.29) is 11.5 Å². The van der Waals surface area contributed by atoms with Gasteiger partial charge >= 0.3 is 6.18 Å². The minimum atomic E-state index is -4.40. The number of rotatable bonds is 2. The fourth-order valence-corrected chi connectivity index (χ4v) is 3.47. The van der Waals surface area contributed by atoms with Gasteiger partial charge in [0.1, 0.15) is 5.82 Å². The number of benzene rings is 2. The monoisotopic (exact) mass is 388 g/mol. The van der Waals surface area contributed by atoms with E-state index >= 15 is 0 Å². The molecule has 2 aromatic carbocycles. The molecule has 2 heterocycles. The molecule has 0 bridgehead atoms. The second-order valence-corrected chi connectivity index (χ2v) is 6.88. The molecule has 146 valence electrons. The summed E-state index contributed by atoms with van der Waals surface area (Å²) >= 11 is 0. The molecule has 1 fully saturated rings. The van der Waals surface area contributed by atoms with Gasteiger partial charge in [-0.2, -0.15) is 13.2 Å². The van der Waals surface area contributed by atoms with Crippen molar-refractivity contribution in [2.24, 2.45) is 0 Å². The van der Waals surface area contributed by atoms with Gasteiger partial charge in [0.25, 0.3) is 5.91 Å². The van der Waals surface area contributed by atoms with Gasteiger partial charge in [0.15, 0.2) is 0 Å². The van der Waals surface area contributed by atoms with Gasteiger partial charge in [0.05, 0.1) is 16.6 Å². The summed E-state index contributed by atoms with van der Waals surface area (Å²) in [6.45, 7) is 4.25. The number of aryl methyl sites for hydroxylation is 1. The van der Waals surface area contributed by atoms with Crippen molar-refractivity contribution in [3.8, 4) is 0 Å². The molecule has 28 heavy (non-hydrogen) atoms. The molecular weight excluding hydrogens is 369 g/mol. The molecule has 0 spiro atoms. The van der Waals surface area contributed by atoms with Crippen LogP contribution in [0.2, 0.25) is 0 Å². The minimum Gasteiger partial charge on any atom is -0.368 e. The largest absolute Gasteiger partial charge is 0.416 e. The van der Waals surface area contributed by atoms with Gasteiger partial charge in [0.2, 0.25) is 0 Å². The van der Waals surface area contributed by atoms with Crippen molar-refractivity contribution in [1.29, 1.82) is 0 Å². The summed E-state index contributed by atoms with van der Waals surface area (Å²) in [6, 6.07) is 10.4. The molecule has 5 nitrogen and oxygen atoms in total. The van der Waals surface area contributed by atoms with Crippen molar-refractivity contribution in [3.63, 3.8) is 0 Å². The Kier molecular flexibility index (Phi) is 4.49. The SMILES string of the molecule is Cc1nc2ccc(N3CCN(C(=O)c4ccc(C(F)(F)F)cc4)CC3)cc2[nH]1. The first kappa shape index (κ1) is 18.3. The Bertz CT molecular complexity index is 1000. The third kappa shape index (κ3) is 3.54. The van der Waals surface area contributed by atoms with E-state index in [0.29, 0.717) is 26.2 Å². The number of halogens is 3. The van der Waals surface area contributed by atoms with Crippen molar-refractivity contribution in [1.82, 2.24) is 14.9 Å². The zero-order valence-corrected chi connectivity index (χ0v) is 15.3. The van der Waals surface area contributed by atoms with Crippen LogP contribution in [0.15, 0.2) is 42.5 Å². The highest BCUT2D eigenvalue weighted by molar-refractivity contribution is 5.94. The number of aromatic nitrogens is 2. The summed E-state index contributed by atoms with van der Waals surface area (Å²) in [5.41, 5.74) is 2.46. The van der Waals surface area contributed by atoms with Crippen LogP contribution in [0.4, 0.5) is 18.9 Å². The standard InChI is InChI=1S/C20H19F3N4O/c1-13-24-17-7-6-16(12-18(17)25-13)26-8-10-27(11-9-26)19(28)14-2-4-15(5-3-14)20(21,22)23/h2-7,12H,8-11H2,1H3,(H,24,25). The lowest BCUT2D eigenvalue weighted by molar-refractivity contribution is -0.137. The molecule has 1 aromatic heterocycles. The van der Waals surface area contributed by atoms with Crippen LogP contribution in [-0.2, 0) is 6.18 Å². The number of piperazine rings is 1. The molecule has 0 atom stereocenters. The summed E-state index contributed by atoms with van der Waals surface area (Å²) in [4.78, 5) is 24.1. The number of anilines is 1.